The lowest BCUT2D eigenvalue weighted by Gasteiger charge is -2.34. The standard InChI is InChI=1S/C28H39N5O2/c1-2-31-17-19-32(20-18-31)15-8-14-29-27(34)24-10-6-9-23(21-24)25-11-7-16-33(22-25)28(35)30-26-12-4-3-5-13-26/h3-6,9-10,12-13,21,25H,2,7-8,11,14-20,22H2,1H3,(H,29,34)(H,30,35)/t25-/m0/s1. The zero-order valence-electron chi connectivity index (χ0n) is 20.9. The van der Waals surface area contributed by atoms with E-state index in [2.05, 4.69) is 33.4 Å². The van der Waals surface area contributed by atoms with E-state index >= 15 is 0 Å². The Bertz CT molecular complexity index is 959. The summed E-state index contributed by atoms with van der Waals surface area (Å²) in [6.45, 7) is 11.0. The highest BCUT2D eigenvalue weighted by Crippen LogP contribution is 2.28. The van der Waals surface area contributed by atoms with Crippen LogP contribution in [0.2, 0.25) is 0 Å². The van der Waals surface area contributed by atoms with Crippen LogP contribution in [0.5, 0.6) is 0 Å². The van der Waals surface area contributed by atoms with Gasteiger partial charge in [-0.25, -0.2) is 4.79 Å². The van der Waals surface area contributed by atoms with Gasteiger partial charge in [-0.15, -0.1) is 0 Å². The van der Waals surface area contributed by atoms with Crippen LogP contribution in [0.4, 0.5) is 10.5 Å². The molecule has 7 nitrogen and oxygen atoms in total. The van der Waals surface area contributed by atoms with E-state index in [-0.39, 0.29) is 17.9 Å². The number of piperazine rings is 1. The van der Waals surface area contributed by atoms with E-state index in [4.69, 9.17) is 0 Å². The number of likely N-dealkylation sites (N-methyl/N-ethyl adjacent to an activating group) is 1. The first-order chi connectivity index (χ1) is 17.1. The van der Waals surface area contributed by atoms with Crippen LogP contribution in [0.1, 0.15) is 48.0 Å². The van der Waals surface area contributed by atoms with Crippen molar-refractivity contribution in [2.45, 2.75) is 32.1 Å². The molecule has 2 aliphatic rings. The SMILES string of the molecule is CCN1CCN(CCCNC(=O)c2cccc([C@H]3CCCN(C(=O)Nc4ccccc4)C3)c2)CC1. The molecule has 2 saturated heterocycles. The van der Waals surface area contributed by atoms with Gasteiger partial charge in [-0.2, -0.15) is 0 Å². The smallest absolute Gasteiger partial charge is 0.321 e. The maximum atomic E-state index is 12.8. The Morgan fingerprint density at radius 3 is 2.49 bits per heavy atom. The molecule has 2 heterocycles. The van der Waals surface area contributed by atoms with Crippen LogP contribution in [-0.2, 0) is 0 Å². The Kier molecular flexibility index (Phi) is 9.15. The molecule has 2 N–H and O–H groups in total. The molecule has 0 aromatic heterocycles. The number of benzene rings is 2. The molecule has 2 fully saturated rings. The number of anilines is 1. The molecule has 0 unspecified atom stereocenters. The van der Waals surface area contributed by atoms with E-state index in [1.165, 1.54) is 0 Å². The molecule has 3 amide bonds. The van der Waals surface area contributed by atoms with E-state index in [0.717, 1.165) is 76.3 Å². The van der Waals surface area contributed by atoms with Gasteiger partial charge in [0.1, 0.15) is 0 Å². The largest absolute Gasteiger partial charge is 0.352 e. The van der Waals surface area contributed by atoms with Crippen LogP contribution in [0.15, 0.2) is 54.6 Å². The molecule has 1 atom stereocenters. The van der Waals surface area contributed by atoms with E-state index < -0.39 is 0 Å². The molecule has 0 radical (unpaired) electrons. The van der Waals surface area contributed by atoms with Gasteiger partial charge in [-0.1, -0.05) is 37.3 Å². The number of likely N-dealkylation sites (tertiary alicyclic amines) is 1. The zero-order chi connectivity index (χ0) is 24.5. The van der Waals surface area contributed by atoms with Crippen LogP contribution in [0.25, 0.3) is 0 Å². The molecular weight excluding hydrogens is 438 g/mol. The zero-order valence-corrected chi connectivity index (χ0v) is 20.9. The summed E-state index contributed by atoms with van der Waals surface area (Å²) in [5, 5.41) is 6.08. The van der Waals surface area contributed by atoms with Gasteiger partial charge in [0, 0.05) is 63.0 Å². The summed E-state index contributed by atoms with van der Waals surface area (Å²) in [5.74, 6) is 0.219. The van der Waals surface area contributed by atoms with Crippen LogP contribution >= 0.6 is 0 Å². The number of nitrogens with one attached hydrogen (secondary N) is 2. The van der Waals surface area contributed by atoms with Crippen LogP contribution in [-0.4, -0.2) is 85.5 Å². The summed E-state index contributed by atoms with van der Waals surface area (Å²) in [6, 6.07) is 17.4. The summed E-state index contributed by atoms with van der Waals surface area (Å²) in [7, 11) is 0. The number of para-hydroxylation sites is 1. The molecule has 7 heteroatoms. The second-order valence-electron chi connectivity index (χ2n) is 9.59. The molecule has 4 rings (SSSR count). The average Bonchev–Trinajstić information content (AvgIpc) is 2.92. The predicted octanol–water partition coefficient (Wildman–Crippen LogP) is 3.86. The maximum Gasteiger partial charge on any atom is 0.321 e. The Balaban J connectivity index is 1.24. The first-order valence-electron chi connectivity index (χ1n) is 13.1. The third-order valence-electron chi connectivity index (χ3n) is 7.20. The molecule has 2 aliphatic heterocycles. The molecule has 0 spiro atoms. The van der Waals surface area contributed by atoms with Gasteiger partial charge in [-0.05, 0) is 62.2 Å². The number of hydrogen-bond acceptors (Lipinski definition) is 4. The molecular formula is C28H39N5O2. The third kappa shape index (κ3) is 7.29. The van der Waals surface area contributed by atoms with E-state index in [9.17, 15) is 9.59 Å². The summed E-state index contributed by atoms with van der Waals surface area (Å²) >= 11 is 0. The summed E-state index contributed by atoms with van der Waals surface area (Å²) in [4.78, 5) is 32.4. The number of amides is 3. The van der Waals surface area contributed by atoms with Crippen LogP contribution in [0, 0.1) is 0 Å². The van der Waals surface area contributed by atoms with E-state index in [1.807, 2.05) is 53.4 Å². The second kappa shape index (κ2) is 12.7. The van der Waals surface area contributed by atoms with Crippen molar-refractivity contribution in [2.24, 2.45) is 0 Å². The Hall–Kier alpha value is -2.90. The number of carbonyl (C=O) groups excluding carboxylic acids is 2. The number of hydrogen-bond donors (Lipinski definition) is 2. The molecule has 2 aromatic carbocycles. The van der Waals surface area contributed by atoms with Crippen molar-refractivity contribution in [3.8, 4) is 0 Å². The molecule has 0 bridgehead atoms. The molecule has 0 aliphatic carbocycles. The number of carbonyl (C=O) groups is 2. The lowest BCUT2D eigenvalue weighted by Crippen LogP contribution is -2.46. The second-order valence-corrected chi connectivity index (χ2v) is 9.59. The van der Waals surface area contributed by atoms with Crippen LogP contribution in [0.3, 0.4) is 0 Å². The average molecular weight is 478 g/mol. The van der Waals surface area contributed by atoms with Crippen molar-refractivity contribution in [3.05, 3.63) is 65.7 Å². The quantitative estimate of drug-likeness (QED) is 0.567. The number of nitrogens with zero attached hydrogens (tertiary/aromatic N) is 3. The van der Waals surface area contributed by atoms with E-state index in [0.29, 0.717) is 18.7 Å². The summed E-state index contributed by atoms with van der Waals surface area (Å²) in [5.41, 5.74) is 2.63. The van der Waals surface area contributed by atoms with Crippen molar-refractivity contribution in [1.29, 1.82) is 0 Å². The fraction of sp³-hybridized carbons (Fsp3) is 0.500. The molecule has 188 valence electrons. The predicted molar refractivity (Wildman–Crippen MR) is 141 cm³/mol. The van der Waals surface area contributed by atoms with Crippen molar-refractivity contribution in [2.75, 3.05) is 64.2 Å². The lowest BCUT2D eigenvalue weighted by molar-refractivity contribution is 0.0948. The highest BCUT2D eigenvalue weighted by atomic mass is 16.2. The van der Waals surface area contributed by atoms with Gasteiger partial charge >= 0.3 is 6.03 Å². The topological polar surface area (TPSA) is 67.9 Å². The molecule has 2 aromatic rings. The van der Waals surface area contributed by atoms with Gasteiger partial charge in [0.05, 0.1) is 0 Å². The van der Waals surface area contributed by atoms with Gasteiger partial charge in [0.15, 0.2) is 0 Å². The maximum absolute atomic E-state index is 12.8. The van der Waals surface area contributed by atoms with Gasteiger partial charge in [-0.3, -0.25) is 4.79 Å². The minimum absolute atomic E-state index is 0.0165. The summed E-state index contributed by atoms with van der Waals surface area (Å²) < 4.78 is 0. The van der Waals surface area contributed by atoms with Gasteiger partial charge in [0.25, 0.3) is 5.91 Å². The lowest BCUT2D eigenvalue weighted by atomic mass is 9.89. The number of rotatable bonds is 8. The Morgan fingerprint density at radius 1 is 0.943 bits per heavy atom. The number of urea groups is 1. The van der Waals surface area contributed by atoms with Gasteiger partial charge in [0.2, 0.25) is 0 Å². The van der Waals surface area contributed by atoms with Crippen molar-refractivity contribution >= 4 is 17.6 Å². The Morgan fingerprint density at radius 2 is 1.71 bits per heavy atom. The van der Waals surface area contributed by atoms with Crippen LogP contribution < -0.4 is 10.6 Å². The minimum atomic E-state index is -0.0640. The Labute approximate surface area is 209 Å². The fourth-order valence-electron chi connectivity index (χ4n) is 5.03. The highest BCUT2D eigenvalue weighted by Gasteiger charge is 2.25. The first kappa shape index (κ1) is 25.2. The normalized spacial score (nSPS) is 19.3. The van der Waals surface area contributed by atoms with Crippen molar-refractivity contribution in [1.82, 2.24) is 20.0 Å². The monoisotopic (exact) mass is 477 g/mol. The minimum Gasteiger partial charge on any atom is -0.352 e. The van der Waals surface area contributed by atoms with Crippen molar-refractivity contribution < 1.29 is 9.59 Å². The molecule has 0 saturated carbocycles. The summed E-state index contributed by atoms with van der Waals surface area (Å²) in [6.07, 6.45) is 2.94. The highest BCUT2D eigenvalue weighted by molar-refractivity contribution is 5.94. The number of piperidine rings is 1. The fourth-order valence-corrected chi connectivity index (χ4v) is 5.03. The van der Waals surface area contributed by atoms with Crippen molar-refractivity contribution in [3.63, 3.8) is 0 Å². The van der Waals surface area contributed by atoms with E-state index in [1.54, 1.807) is 0 Å². The van der Waals surface area contributed by atoms with Gasteiger partial charge < -0.3 is 25.3 Å². The first-order valence-corrected chi connectivity index (χ1v) is 13.1. The third-order valence-corrected chi connectivity index (χ3v) is 7.20. The molecule has 35 heavy (non-hydrogen) atoms.